The Balaban J connectivity index is 2.40. The highest BCUT2D eigenvalue weighted by Gasteiger charge is 2.28. The van der Waals surface area contributed by atoms with Crippen LogP contribution in [0.2, 0.25) is 5.02 Å². The van der Waals surface area contributed by atoms with E-state index in [0.29, 0.717) is 26.2 Å². The second-order valence-corrected chi connectivity index (χ2v) is 6.37. The first kappa shape index (κ1) is 14.2. The first-order valence-corrected chi connectivity index (χ1v) is 7.39. The number of hydrogen-bond donors (Lipinski definition) is 1. The maximum Gasteiger partial charge on any atom is 0.289 e. The summed E-state index contributed by atoms with van der Waals surface area (Å²) in [4.78, 5) is 9.98. The number of nitrogens with one attached hydrogen (secondary N) is 1. The zero-order valence-electron chi connectivity index (χ0n) is 9.87. The smallest absolute Gasteiger partial charge is 0.289 e. The Kier molecular flexibility index (Phi) is 4.04. The summed E-state index contributed by atoms with van der Waals surface area (Å²) in [5.74, 6) is 0. The molecule has 1 aliphatic heterocycles. The summed E-state index contributed by atoms with van der Waals surface area (Å²) in [5, 5.41) is 13.7. The summed E-state index contributed by atoms with van der Waals surface area (Å²) in [5.41, 5.74) is -0.405. The number of hydrogen-bond acceptors (Lipinski definition) is 5. The fraction of sp³-hybridized carbons (Fsp3) is 0.400. The molecule has 0 amide bonds. The minimum absolute atomic E-state index is 0.0794. The van der Waals surface area contributed by atoms with Crippen molar-refractivity contribution in [2.75, 3.05) is 26.2 Å². The number of nitro groups is 1. The molecule has 0 aromatic heterocycles. The lowest BCUT2D eigenvalue weighted by atomic mass is 10.3. The van der Waals surface area contributed by atoms with Gasteiger partial charge in [0.25, 0.3) is 5.69 Å². The number of piperazine rings is 1. The molecule has 1 saturated heterocycles. The summed E-state index contributed by atoms with van der Waals surface area (Å²) >= 11 is 5.67. The lowest BCUT2D eigenvalue weighted by Gasteiger charge is -2.26. The summed E-state index contributed by atoms with van der Waals surface area (Å²) < 4.78 is 25.9. The lowest BCUT2D eigenvalue weighted by Crippen LogP contribution is -2.46. The first-order valence-electron chi connectivity index (χ1n) is 5.58. The maximum absolute atomic E-state index is 12.3. The first-order chi connectivity index (χ1) is 8.93. The Hall–Kier alpha value is -1.22. The van der Waals surface area contributed by atoms with E-state index in [0.717, 1.165) is 6.07 Å². The Morgan fingerprint density at radius 1 is 1.32 bits per heavy atom. The van der Waals surface area contributed by atoms with Gasteiger partial charge in [-0.3, -0.25) is 10.1 Å². The van der Waals surface area contributed by atoms with Gasteiger partial charge in [0, 0.05) is 32.2 Å². The molecular weight excluding hydrogens is 294 g/mol. The van der Waals surface area contributed by atoms with Crippen LogP contribution in [-0.2, 0) is 10.0 Å². The molecular formula is C10H12ClN3O4S. The van der Waals surface area contributed by atoms with Gasteiger partial charge in [-0.1, -0.05) is 11.6 Å². The topological polar surface area (TPSA) is 92.5 Å². The van der Waals surface area contributed by atoms with Gasteiger partial charge in [0.1, 0.15) is 5.02 Å². The van der Waals surface area contributed by atoms with Crippen molar-refractivity contribution >= 4 is 27.3 Å². The second kappa shape index (κ2) is 5.41. The Morgan fingerprint density at radius 3 is 2.53 bits per heavy atom. The number of nitro benzene ring substituents is 1. The van der Waals surface area contributed by atoms with Crippen molar-refractivity contribution in [1.82, 2.24) is 9.62 Å². The van der Waals surface area contributed by atoms with Crippen LogP contribution < -0.4 is 5.32 Å². The number of nitrogens with zero attached hydrogens (tertiary/aromatic N) is 2. The molecule has 0 unspecified atom stereocenters. The molecule has 1 fully saturated rings. The van der Waals surface area contributed by atoms with Crippen LogP contribution in [0.15, 0.2) is 23.1 Å². The number of halogens is 1. The predicted octanol–water partition coefficient (Wildman–Crippen LogP) is 0.842. The molecule has 0 bridgehead atoms. The number of benzene rings is 1. The van der Waals surface area contributed by atoms with Crippen LogP contribution >= 0.6 is 11.6 Å². The average Bonchev–Trinajstić information content (AvgIpc) is 2.39. The molecule has 2 rings (SSSR count). The fourth-order valence-electron chi connectivity index (χ4n) is 1.83. The van der Waals surface area contributed by atoms with E-state index >= 15 is 0 Å². The summed E-state index contributed by atoms with van der Waals surface area (Å²) in [7, 11) is -3.70. The molecule has 104 valence electrons. The van der Waals surface area contributed by atoms with E-state index in [9.17, 15) is 18.5 Å². The molecule has 19 heavy (non-hydrogen) atoms. The standard InChI is InChI=1S/C10H12ClN3O4S/c11-9-2-1-8(7-10(9)14(15)16)19(17,18)13-5-3-12-4-6-13/h1-2,7,12H,3-6H2. The summed E-state index contributed by atoms with van der Waals surface area (Å²) in [6.07, 6.45) is 0. The van der Waals surface area contributed by atoms with Crippen molar-refractivity contribution in [3.63, 3.8) is 0 Å². The van der Waals surface area contributed by atoms with E-state index in [1.54, 1.807) is 0 Å². The Morgan fingerprint density at radius 2 is 1.95 bits per heavy atom. The Bertz CT molecular complexity index is 599. The van der Waals surface area contributed by atoms with E-state index in [1.165, 1.54) is 16.4 Å². The quantitative estimate of drug-likeness (QED) is 0.660. The molecule has 9 heteroatoms. The van der Waals surface area contributed by atoms with E-state index in [4.69, 9.17) is 11.6 Å². The summed E-state index contributed by atoms with van der Waals surface area (Å²) in [6, 6.07) is 3.52. The fourth-order valence-corrected chi connectivity index (χ4v) is 3.48. The Labute approximate surface area is 115 Å². The van der Waals surface area contributed by atoms with E-state index in [1.807, 2.05) is 0 Å². The maximum atomic E-state index is 12.3. The molecule has 1 N–H and O–H groups in total. The monoisotopic (exact) mass is 305 g/mol. The van der Waals surface area contributed by atoms with Gasteiger partial charge < -0.3 is 5.32 Å². The van der Waals surface area contributed by atoms with Crippen LogP contribution in [0.4, 0.5) is 5.69 Å². The minimum Gasteiger partial charge on any atom is -0.314 e. The van der Waals surface area contributed by atoms with Gasteiger partial charge in [0.15, 0.2) is 0 Å². The molecule has 0 radical (unpaired) electrons. The zero-order valence-corrected chi connectivity index (χ0v) is 11.4. The molecule has 1 aromatic rings. The molecule has 0 aliphatic carbocycles. The van der Waals surface area contributed by atoms with E-state index in [-0.39, 0.29) is 9.92 Å². The van der Waals surface area contributed by atoms with E-state index in [2.05, 4.69) is 5.32 Å². The highest BCUT2D eigenvalue weighted by Crippen LogP contribution is 2.28. The number of sulfonamides is 1. The van der Waals surface area contributed by atoms with Crippen LogP contribution in [-0.4, -0.2) is 43.8 Å². The molecule has 1 aliphatic rings. The van der Waals surface area contributed by atoms with Crippen molar-refractivity contribution in [1.29, 1.82) is 0 Å². The van der Waals surface area contributed by atoms with Gasteiger partial charge in [0.2, 0.25) is 10.0 Å². The van der Waals surface area contributed by atoms with Crippen LogP contribution in [0.1, 0.15) is 0 Å². The van der Waals surface area contributed by atoms with Gasteiger partial charge in [0.05, 0.1) is 9.82 Å². The third-order valence-corrected chi connectivity index (χ3v) is 5.04. The SMILES string of the molecule is O=[N+]([O-])c1cc(S(=O)(=O)N2CCNCC2)ccc1Cl. The van der Waals surface area contributed by atoms with Gasteiger partial charge >= 0.3 is 0 Å². The van der Waals surface area contributed by atoms with Crippen molar-refractivity contribution in [2.24, 2.45) is 0 Å². The largest absolute Gasteiger partial charge is 0.314 e. The second-order valence-electron chi connectivity index (χ2n) is 4.02. The highest BCUT2D eigenvalue weighted by molar-refractivity contribution is 7.89. The van der Waals surface area contributed by atoms with Gasteiger partial charge in [-0.05, 0) is 12.1 Å². The lowest BCUT2D eigenvalue weighted by molar-refractivity contribution is -0.384. The van der Waals surface area contributed by atoms with Crippen LogP contribution in [0.25, 0.3) is 0 Å². The minimum atomic E-state index is -3.70. The van der Waals surface area contributed by atoms with Crippen molar-refractivity contribution < 1.29 is 13.3 Å². The highest BCUT2D eigenvalue weighted by atomic mass is 35.5. The van der Waals surface area contributed by atoms with Crippen LogP contribution in [0, 0.1) is 10.1 Å². The van der Waals surface area contributed by atoms with Gasteiger partial charge in [-0.15, -0.1) is 0 Å². The van der Waals surface area contributed by atoms with Crippen LogP contribution in [0.5, 0.6) is 0 Å². The third kappa shape index (κ3) is 2.86. The molecule has 7 nitrogen and oxygen atoms in total. The predicted molar refractivity (Wildman–Crippen MR) is 69.7 cm³/mol. The van der Waals surface area contributed by atoms with Crippen molar-refractivity contribution in [3.05, 3.63) is 33.3 Å². The van der Waals surface area contributed by atoms with Gasteiger partial charge in [-0.25, -0.2) is 8.42 Å². The van der Waals surface area contributed by atoms with Gasteiger partial charge in [-0.2, -0.15) is 4.31 Å². The molecule has 0 spiro atoms. The average molecular weight is 306 g/mol. The third-order valence-electron chi connectivity index (χ3n) is 2.83. The molecule has 0 atom stereocenters. The molecule has 0 saturated carbocycles. The van der Waals surface area contributed by atoms with Crippen molar-refractivity contribution in [3.8, 4) is 0 Å². The number of rotatable bonds is 3. The molecule has 1 aromatic carbocycles. The van der Waals surface area contributed by atoms with Crippen LogP contribution in [0.3, 0.4) is 0 Å². The zero-order chi connectivity index (χ0) is 14.0. The normalized spacial score (nSPS) is 17.3. The van der Waals surface area contributed by atoms with Crippen molar-refractivity contribution in [2.45, 2.75) is 4.90 Å². The molecule has 1 heterocycles. The summed E-state index contributed by atoms with van der Waals surface area (Å²) in [6.45, 7) is 1.82. The van der Waals surface area contributed by atoms with E-state index < -0.39 is 20.6 Å².